The average molecular weight is 414 g/mol. The molecule has 1 amide bonds. The molecule has 1 unspecified atom stereocenters. The van der Waals surface area contributed by atoms with Gasteiger partial charge in [0, 0.05) is 0 Å². The molecule has 5 nitrogen and oxygen atoms in total. The molecule has 0 aliphatic carbocycles. The molecule has 0 saturated heterocycles. The number of alkyl carbamates (subject to hydrolysis) is 1. The number of hydrogen-bond donors (Lipinski definition) is 1. The van der Waals surface area contributed by atoms with Crippen LogP contribution in [0.2, 0.25) is 0 Å². The van der Waals surface area contributed by atoms with Crippen LogP contribution < -0.4 is 5.32 Å². The first-order valence-electron chi connectivity index (χ1n) is 12.2. The van der Waals surface area contributed by atoms with Crippen LogP contribution in [0.3, 0.4) is 0 Å². The molecule has 29 heavy (non-hydrogen) atoms. The first-order valence-corrected chi connectivity index (χ1v) is 12.2. The number of hydrogen-bond acceptors (Lipinski definition) is 4. The van der Waals surface area contributed by atoms with Crippen molar-refractivity contribution < 1.29 is 19.1 Å². The second-order valence-corrected chi connectivity index (χ2v) is 8.20. The van der Waals surface area contributed by atoms with Crippen LogP contribution in [0.1, 0.15) is 118 Å². The van der Waals surface area contributed by atoms with E-state index in [0.29, 0.717) is 13.2 Å². The number of ether oxygens (including phenoxy) is 2. The molecule has 0 spiro atoms. The van der Waals surface area contributed by atoms with Gasteiger partial charge in [-0.25, -0.2) is 9.59 Å². The first kappa shape index (κ1) is 27.7. The van der Waals surface area contributed by atoms with E-state index in [0.717, 1.165) is 32.1 Å². The number of esters is 1. The van der Waals surface area contributed by atoms with Gasteiger partial charge in [0.25, 0.3) is 0 Å². The molecule has 2 atom stereocenters. The lowest BCUT2D eigenvalue weighted by Gasteiger charge is -2.22. The summed E-state index contributed by atoms with van der Waals surface area (Å²) >= 11 is 0. The molecule has 0 aromatic rings. The third kappa shape index (κ3) is 16.2. The maximum Gasteiger partial charge on any atom is 0.407 e. The minimum atomic E-state index is -0.637. The van der Waals surface area contributed by atoms with Gasteiger partial charge in [-0.1, -0.05) is 105 Å². The maximum absolute atomic E-state index is 12.4. The third-order valence-electron chi connectivity index (χ3n) is 5.46. The zero-order valence-electron chi connectivity index (χ0n) is 19.6. The van der Waals surface area contributed by atoms with E-state index in [2.05, 4.69) is 12.2 Å². The van der Waals surface area contributed by atoms with Gasteiger partial charge in [0.05, 0.1) is 13.2 Å². The number of carbonyl (C=O) groups excluding carboxylic acids is 2. The zero-order valence-corrected chi connectivity index (χ0v) is 19.6. The molecule has 0 heterocycles. The highest BCUT2D eigenvalue weighted by molar-refractivity contribution is 5.81. The Hall–Kier alpha value is -1.26. The van der Waals surface area contributed by atoms with E-state index >= 15 is 0 Å². The van der Waals surface area contributed by atoms with Crippen LogP contribution in [0, 0.1) is 5.92 Å². The molecule has 0 aliphatic heterocycles. The van der Waals surface area contributed by atoms with Crippen LogP contribution in [0.5, 0.6) is 0 Å². The minimum absolute atomic E-state index is 0.0125. The van der Waals surface area contributed by atoms with Crippen LogP contribution in [0.4, 0.5) is 4.79 Å². The smallest absolute Gasteiger partial charge is 0.407 e. The Labute approximate surface area is 179 Å². The van der Waals surface area contributed by atoms with Crippen molar-refractivity contribution in [3.8, 4) is 0 Å². The third-order valence-corrected chi connectivity index (χ3v) is 5.46. The van der Waals surface area contributed by atoms with Crippen molar-refractivity contribution >= 4 is 12.1 Å². The van der Waals surface area contributed by atoms with Crippen molar-refractivity contribution in [3.63, 3.8) is 0 Å². The van der Waals surface area contributed by atoms with Crippen molar-refractivity contribution in [1.82, 2.24) is 5.32 Å². The lowest BCUT2D eigenvalue weighted by molar-refractivity contribution is -0.147. The van der Waals surface area contributed by atoms with Gasteiger partial charge in [-0.15, -0.1) is 0 Å². The van der Waals surface area contributed by atoms with Gasteiger partial charge in [-0.2, -0.15) is 0 Å². The predicted octanol–water partition coefficient (Wildman–Crippen LogP) is 6.78. The molecular formula is C24H47NO4. The predicted molar refractivity (Wildman–Crippen MR) is 120 cm³/mol. The lowest BCUT2D eigenvalue weighted by atomic mass is 9.99. The quantitative estimate of drug-likeness (QED) is 0.187. The van der Waals surface area contributed by atoms with Crippen LogP contribution in [-0.4, -0.2) is 31.3 Å². The standard InChI is InChI=1S/C24H47NO4/c1-5-8-10-11-12-13-14-15-16-17-18-20-28-23(26)22(21(4)7-3)25-24(27)29-19-9-6-2/h21-22H,5-20H2,1-4H3,(H,25,27)/t21?,22-/m0/s1. The second kappa shape index (κ2) is 20.0. The highest BCUT2D eigenvalue weighted by Gasteiger charge is 2.27. The molecule has 0 aromatic carbocycles. The number of nitrogens with one attached hydrogen (secondary N) is 1. The minimum Gasteiger partial charge on any atom is -0.464 e. The van der Waals surface area contributed by atoms with Crippen molar-refractivity contribution in [1.29, 1.82) is 0 Å². The summed E-state index contributed by atoms with van der Waals surface area (Å²) in [5.74, 6) is -0.336. The summed E-state index contributed by atoms with van der Waals surface area (Å²) < 4.78 is 10.5. The number of rotatable bonds is 19. The van der Waals surface area contributed by atoms with E-state index in [-0.39, 0.29) is 11.9 Å². The Kier molecular flexibility index (Phi) is 19.2. The number of unbranched alkanes of at least 4 members (excludes halogenated alkanes) is 11. The zero-order chi connectivity index (χ0) is 21.7. The molecule has 0 aromatic heterocycles. The van der Waals surface area contributed by atoms with Crippen molar-refractivity contribution in [2.45, 2.75) is 124 Å². The van der Waals surface area contributed by atoms with E-state index in [9.17, 15) is 9.59 Å². The molecule has 1 N–H and O–H groups in total. The van der Waals surface area contributed by atoms with E-state index in [1.165, 1.54) is 57.8 Å². The Morgan fingerprint density at radius 2 is 1.17 bits per heavy atom. The van der Waals surface area contributed by atoms with E-state index in [1.54, 1.807) is 0 Å². The van der Waals surface area contributed by atoms with Crippen molar-refractivity contribution in [2.24, 2.45) is 5.92 Å². The van der Waals surface area contributed by atoms with Crippen LogP contribution in [-0.2, 0) is 14.3 Å². The summed E-state index contributed by atoms with van der Waals surface area (Å²) in [5, 5.41) is 2.68. The first-order chi connectivity index (χ1) is 14.1. The Balaban J connectivity index is 3.87. The van der Waals surface area contributed by atoms with Gasteiger partial charge in [-0.05, 0) is 18.8 Å². The fraction of sp³-hybridized carbons (Fsp3) is 0.917. The van der Waals surface area contributed by atoms with Crippen molar-refractivity contribution in [2.75, 3.05) is 13.2 Å². The van der Waals surface area contributed by atoms with Gasteiger partial charge in [-0.3, -0.25) is 0 Å². The van der Waals surface area contributed by atoms with Gasteiger partial charge < -0.3 is 14.8 Å². The van der Waals surface area contributed by atoms with Crippen molar-refractivity contribution in [3.05, 3.63) is 0 Å². The monoisotopic (exact) mass is 413 g/mol. The molecule has 0 rings (SSSR count). The van der Waals surface area contributed by atoms with Gasteiger partial charge in [0.1, 0.15) is 6.04 Å². The van der Waals surface area contributed by atoms with E-state index in [4.69, 9.17) is 9.47 Å². The van der Waals surface area contributed by atoms with Crippen LogP contribution >= 0.6 is 0 Å². The molecule has 0 radical (unpaired) electrons. The molecule has 5 heteroatoms. The Morgan fingerprint density at radius 3 is 1.69 bits per heavy atom. The summed E-state index contributed by atoms with van der Waals surface area (Å²) in [6, 6.07) is -0.637. The highest BCUT2D eigenvalue weighted by atomic mass is 16.6. The SMILES string of the molecule is CCCCCCCCCCCCCOC(=O)[C@@H](NC(=O)OCCCC)C(C)CC. The summed E-state index contributed by atoms with van der Waals surface area (Å²) in [4.78, 5) is 24.3. The molecule has 172 valence electrons. The fourth-order valence-electron chi connectivity index (χ4n) is 3.18. The normalized spacial score (nSPS) is 13.0. The van der Waals surface area contributed by atoms with E-state index in [1.807, 2.05) is 20.8 Å². The molecule has 0 aliphatic rings. The Bertz CT molecular complexity index is 400. The molecule has 0 saturated carbocycles. The molecule has 0 bridgehead atoms. The van der Waals surface area contributed by atoms with Gasteiger partial charge >= 0.3 is 12.1 Å². The average Bonchev–Trinajstić information content (AvgIpc) is 2.72. The summed E-state index contributed by atoms with van der Waals surface area (Å²) in [7, 11) is 0. The van der Waals surface area contributed by atoms with Crippen LogP contribution in [0.25, 0.3) is 0 Å². The summed E-state index contributed by atoms with van der Waals surface area (Å²) in [5.41, 5.74) is 0. The fourth-order valence-corrected chi connectivity index (χ4v) is 3.18. The largest absolute Gasteiger partial charge is 0.464 e. The summed E-state index contributed by atoms with van der Waals surface area (Å²) in [6.07, 6.45) is 15.9. The number of carbonyl (C=O) groups is 2. The second-order valence-electron chi connectivity index (χ2n) is 8.20. The topological polar surface area (TPSA) is 64.6 Å². The molecule has 0 fully saturated rings. The Morgan fingerprint density at radius 1 is 0.690 bits per heavy atom. The van der Waals surface area contributed by atoms with Gasteiger partial charge in [0.15, 0.2) is 0 Å². The van der Waals surface area contributed by atoms with Gasteiger partial charge in [0.2, 0.25) is 0 Å². The molecular weight excluding hydrogens is 366 g/mol. The van der Waals surface area contributed by atoms with Crippen LogP contribution in [0.15, 0.2) is 0 Å². The highest BCUT2D eigenvalue weighted by Crippen LogP contribution is 2.13. The maximum atomic E-state index is 12.4. The lowest BCUT2D eigenvalue weighted by Crippen LogP contribution is -2.46. The van der Waals surface area contributed by atoms with E-state index < -0.39 is 12.1 Å². The summed E-state index contributed by atoms with van der Waals surface area (Å²) in [6.45, 7) is 9.04. The number of amides is 1.